The largest absolute Gasteiger partial charge is 0.497 e. The number of likely N-dealkylation sites (N-methyl/N-ethyl adjacent to an activating group) is 1. The van der Waals surface area contributed by atoms with Gasteiger partial charge in [0.25, 0.3) is 5.91 Å². The summed E-state index contributed by atoms with van der Waals surface area (Å²) in [5.74, 6) is 0.888. The predicted octanol–water partition coefficient (Wildman–Crippen LogP) is 3.19. The molecule has 2 aromatic carbocycles. The van der Waals surface area contributed by atoms with Crippen LogP contribution in [0.4, 0.5) is 0 Å². The summed E-state index contributed by atoms with van der Waals surface area (Å²) in [6.45, 7) is 4.12. The van der Waals surface area contributed by atoms with E-state index in [1.165, 1.54) is 5.56 Å². The number of carbonyl (C=O) groups is 2. The highest BCUT2D eigenvalue weighted by molar-refractivity contribution is 5.88. The molecule has 0 fully saturated rings. The van der Waals surface area contributed by atoms with E-state index in [9.17, 15) is 9.59 Å². The van der Waals surface area contributed by atoms with Crippen molar-refractivity contribution in [3.05, 3.63) is 59.7 Å². The number of methoxy groups -OCH3 is 1. The first kappa shape index (κ1) is 22.3. The van der Waals surface area contributed by atoms with Crippen molar-refractivity contribution < 1.29 is 19.1 Å². The summed E-state index contributed by atoms with van der Waals surface area (Å²) in [5, 5.41) is 2.65. The number of amides is 2. The van der Waals surface area contributed by atoms with Crippen LogP contribution in [0.25, 0.3) is 0 Å². The molecule has 0 aromatic heterocycles. The molecule has 0 radical (unpaired) electrons. The Kier molecular flexibility index (Phi) is 8.52. The number of ether oxygens (including phenoxy) is 2. The molecule has 0 aliphatic carbocycles. The lowest BCUT2D eigenvalue weighted by Gasteiger charge is -2.30. The highest BCUT2D eigenvalue weighted by Gasteiger charge is 2.28. The smallest absolute Gasteiger partial charge is 0.261 e. The Bertz CT molecular complexity index is 805. The van der Waals surface area contributed by atoms with E-state index in [-0.39, 0.29) is 18.4 Å². The molecule has 29 heavy (non-hydrogen) atoms. The van der Waals surface area contributed by atoms with Gasteiger partial charge < -0.3 is 19.7 Å². The van der Waals surface area contributed by atoms with Gasteiger partial charge in [0.1, 0.15) is 17.5 Å². The number of aryl methyl sites for hydroxylation is 1. The number of rotatable bonds is 10. The quantitative estimate of drug-likeness (QED) is 0.667. The van der Waals surface area contributed by atoms with Crippen molar-refractivity contribution in [2.24, 2.45) is 0 Å². The standard InChI is InChI=1S/C23H30N2O4/c1-5-17-10-12-19(13-11-17)29-16-22(26)25(21(6-2)23(27)24-3)15-18-8-7-9-20(14-18)28-4/h7-14,21H,5-6,15-16H2,1-4H3,(H,24,27)/t21-/m1/s1. The summed E-state index contributed by atoms with van der Waals surface area (Å²) < 4.78 is 11.0. The van der Waals surface area contributed by atoms with Gasteiger partial charge in [-0.05, 0) is 48.2 Å². The lowest BCUT2D eigenvalue weighted by atomic mass is 10.1. The van der Waals surface area contributed by atoms with Gasteiger partial charge >= 0.3 is 0 Å². The van der Waals surface area contributed by atoms with Crippen LogP contribution in [0.3, 0.4) is 0 Å². The van der Waals surface area contributed by atoms with Crippen LogP contribution in [0.5, 0.6) is 11.5 Å². The van der Waals surface area contributed by atoms with Gasteiger partial charge in [0, 0.05) is 13.6 Å². The number of hydrogen-bond acceptors (Lipinski definition) is 4. The van der Waals surface area contributed by atoms with Crippen molar-refractivity contribution in [1.29, 1.82) is 0 Å². The van der Waals surface area contributed by atoms with Gasteiger partial charge in [-0.1, -0.05) is 38.1 Å². The van der Waals surface area contributed by atoms with E-state index >= 15 is 0 Å². The van der Waals surface area contributed by atoms with Crippen LogP contribution < -0.4 is 14.8 Å². The zero-order chi connectivity index (χ0) is 21.2. The van der Waals surface area contributed by atoms with E-state index in [1.807, 2.05) is 55.5 Å². The minimum absolute atomic E-state index is 0.136. The van der Waals surface area contributed by atoms with E-state index in [2.05, 4.69) is 12.2 Å². The maximum absolute atomic E-state index is 13.0. The van der Waals surface area contributed by atoms with E-state index in [4.69, 9.17) is 9.47 Å². The molecule has 0 aliphatic rings. The third kappa shape index (κ3) is 6.24. The van der Waals surface area contributed by atoms with E-state index < -0.39 is 6.04 Å². The molecule has 1 atom stereocenters. The average molecular weight is 399 g/mol. The molecular weight excluding hydrogens is 368 g/mol. The minimum atomic E-state index is -0.579. The minimum Gasteiger partial charge on any atom is -0.497 e. The molecule has 0 saturated heterocycles. The van der Waals surface area contributed by atoms with Crippen molar-refractivity contribution >= 4 is 11.8 Å². The molecule has 0 unspecified atom stereocenters. The number of nitrogens with zero attached hydrogens (tertiary/aromatic N) is 1. The van der Waals surface area contributed by atoms with Crippen LogP contribution in [0.1, 0.15) is 31.4 Å². The predicted molar refractivity (Wildman–Crippen MR) is 113 cm³/mol. The summed E-state index contributed by atoms with van der Waals surface area (Å²) in [7, 11) is 3.17. The Morgan fingerprint density at radius 3 is 2.34 bits per heavy atom. The molecule has 2 rings (SSSR count). The molecule has 156 valence electrons. The monoisotopic (exact) mass is 398 g/mol. The lowest BCUT2D eigenvalue weighted by molar-refractivity contribution is -0.142. The molecule has 0 saturated carbocycles. The van der Waals surface area contributed by atoms with Gasteiger partial charge in [0.15, 0.2) is 6.61 Å². The second kappa shape index (κ2) is 11.1. The Balaban J connectivity index is 2.17. The fourth-order valence-electron chi connectivity index (χ4n) is 3.10. The Hall–Kier alpha value is -3.02. The first-order valence-corrected chi connectivity index (χ1v) is 9.88. The van der Waals surface area contributed by atoms with Crippen LogP contribution in [-0.2, 0) is 22.6 Å². The van der Waals surface area contributed by atoms with Crippen LogP contribution in [-0.4, -0.2) is 43.5 Å². The molecule has 2 aromatic rings. The second-order valence-corrected chi connectivity index (χ2v) is 6.70. The van der Waals surface area contributed by atoms with E-state index in [0.717, 1.165) is 12.0 Å². The summed E-state index contributed by atoms with van der Waals surface area (Å²) in [4.78, 5) is 26.9. The molecule has 6 heteroatoms. The van der Waals surface area contributed by atoms with Crippen LogP contribution in [0, 0.1) is 0 Å². The van der Waals surface area contributed by atoms with E-state index in [1.54, 1.807) is 19.1 Å². The molecule has 6 nitrogen and oxygen atoms in total. The van der Waals surface area contributed by atoms with Crippen LogP contribution in [0.2, 0.25) is 0 Å². The summed E-state index contributed by atoms with van der Waals surface area (Å²) in [6.07, 6.45) is 1.44. The SMILES string of the molecule is CCc1ccc(OCC(=O)N(Cc2cccc(OC)c2)[C@H](CC)C(=O)NC)cc1. The van der Waals surface area contributed by atoms with Gasteiger partial charge in [-0.15, -0.1) is 0 Å². The van der Waals surface area contributed by atoms with Crippen molar-refractivity contribution in [1.82, 2.24) is 10.2 Å². The molecule has 0 heterocycles. The van der Waals surface area contributed by atoms with Crippen LogP contribution >= 0.6 is 0 Å². The van der Waals surface area contributed by atoms with Gasteiger partial charge in [-0.2, -0.15) is 0 Å². The number of benzene rings is 2. The van der Waals surface area contributed by atoms with E-state index in [0.29, 0.717) is 24.5 Å². The summed E-state index contributed by atoms with van der Waals surface area (Å²) in [6, 6.07) is 14.6. The summed E-state index contributed by atoms with van der Waals surface area (Å²) in [5.41, 5.74) is 2.08. The molecule has 2 amide bonds. The molecule has 1 N–H and O–H groups in total. The number of hydrogen-bond donors (Lipinski definition) is 1. The third-order valence-electron chi connectivity index (χ3n) is 4.81. The lowest BCUT2D eigenvalue weighted by Crippen LogP contribution is -2.49. The van der Waals surface area contributed by atoms with Gasteiger partial charge in [0.05, 0.1) is 7.11 Å². The molecule has 0 aliphatic heterocycles. The van der Waals surface area contributed by atoms with Crippen LogP contribution in [0.15, 0.2) is 48.5 Å². The normalized spacial score (nSPS) is 11.4. The zero-order valence-electron chi connectivity index (χ0n) is 17.6. The topological polar surface area (TPSA) is 67.9 Å². The molecule has 0 spiro atoms. The maximum atomic E-state index is 13.0. The van der Waals surface area contributed by atoms with Crippen molar-refractivity contribution in [2.75, 3.05) is 20.8 Å². The van der Waals surface area contributed by atoms with Gasteiger partial charge in [0.2, 0.25) is 5.91 Å². The third-order valence-corrected chi connectivity index (χ3v) is 4.81. The summed E-state index contributed by atoms with van der Waals surface area (Å²) >= 11 is 0. The average Bonchev–Trinajstić information content (AvgIpc) is 2.77. The highest BCUT2D eigenvalue weighted by Crippen LogP contribution is 2.18. The van der Waals surface area contributed by atoms with Gasteiger partial charge in [-0.3, -0.25) is 9.59 Å². The second-order valence-electron chi connectivity index (χ2n) is 6.70. The fourth-order valence-corrected chi connectivity index (χ4v) is 3.10. The van der Waals surface area contributed by atoms with Crippen molar-refractivity contribution in [3.8, 4) is 11.5 Å². The Labute approximate surface area is 172 Å². The molecule has 0 bridgehead atoms. The number of nitrogens with one attached hydrogen (secondary N) is 1. The fraction of sp³-hybridized carbons (Fsp3) is 0.391. The molecular formula is C23H30N2O4. The zero-order valence-corrected chi connectivity index (χ0v) is 17.6. The van der Waals surface area contributed by atoms with Crippen molar-refractivity contribution in [3.63, 3.8) is 0 Å². The number of carbonyl (C=O) groups excluding carboxylic acids is 2. The first-order chi connectivity index (χ1) is 14.0. The maximum Gasteiger partial charge on any atom is 0.261 e. The highest BCUT2D eigenvalue weighted by atomic mass is 16.5. The Morgan fingerprint density at radius 1 is 1.03 bits per heavy atom. The van der Waals surface area contributed by atoms with Gasteiger partial charge in [-0.25, -0.2) is 0 Å². The Morgan fingerprint density at radius 2 is 1.76 bits per heavy atom. The first-order valence-electron chi connectivity index (χ1n) is 9.88. The van der Waals surface area contributed by atoms with Crippen molar-refractivity contribution in [2.45, 2.75) is 39.3 Å².